The third-order valence-corrected chi connectivity index (χ3v) is 2.05. The van der Waals surface area contributed by atoms with Crippen molar-refractivity contribution in [3.8, 4) is 0 Å². The summed E-state index contributed by atoms with van der Waals surface area (Å²) in [4.78, 5) is 26.5. The number of pyridine rings is 1. The summed E-state index contributed by atoms with van der Waals surface area (Å²) in [7, 11) is 0. The van der Waals surface area contributed by atoms with Gasteiger partial charge in [0.05, 0.1) is 0 Å². The minimum Gasteiger partial charge on any atom is -0.384 e. The highest BCUT2D eigenvalue weighted by molar-refractivity contribution is 5.94. The number of amides is 2. The molecule has 92 valence electrons. The van der Waals surface area contributed by atoms with E-state index >= 15 is 0 Å². The Labute approximate surface area is 99.6 Å². The van der Waals surface area contributed by atoms with Crippen LogP contribution in [0, 0.1) is 0 Å². The molecule has 1 rings (SSSR count). The van der Waals surface area contributed by atoms with Crippen LogP contribution in [0.1, 0.15) is 23.7 Å². The first-order chi connectivity index (χ1) is 8.13. The van der Waals surface area contributed by atoms with Crippen LogP contribution in [0.4, 0.5) is 5.82 Å². The van der Waals surface area contributed by atoms with Crippen LogP contribution in [0.5, 0.6) is 0 Å². The fourth-order valence-corrected chi connectivity index (χ4v) is 1.27. The van der Waals surface area contributed by atoms with Gasteiger partial charge in [-0.05, 0) is 19.1 Å². The molecule has 0 bridgehead atoms. The highest BCUT2D eigenvalue weighted by atomic mass is 16.2. The van der Waals surface area contributed by atoms with E-state index in [9.17, 15) is 9.59 Å². The molecule has 0 fully saturated rings. The van der Waals surface area contributed by atoms with Crippen LogP contribution in [0.15, 0.2) is 18.3 Å². The molecule has 1 heterocycles. The maximum absolute atomic E-state index is 11.6. The lowest BCUT2D eigenvalue weighted by molar-refractivity contribution is -0.120. The van der Waals surface area contributed by atoms with Crippen molar-refractivity contribution < 1.29 is 9.59 Å². The van der Waals surface area contributed by atoms with Crippen LogP contribution in [-0.2, 0) is 4.79 Å². The smallest absolute Gasteiger partial charge is 0.251 e. The molecule has 0 aliphatic heterocycles. The van der Waals surface area contributed by atoms with Gasteiger partial charge in [-0.3, -0.25) is 9.59 Å². The number of aromatic nitrogens is 1. The molecular weight excluding hydrogens is 220 g/mol. The molecule has 0 saturated carbocycles. The Morgan fingerprint density at radius 3 is 2.82 bits per heavy atom. The van der Waals surface area contributed by atoms with Crippen molar-refractivity contribution in [1.29, 1.82) is 0 Å². The number of hydrogen-bond acceptors (Lipinski definition) is 4. The highest BCUT2D eigenvalue weighted by Gasteiger charge is 2.06. The number of nitrogens with zero attached hydrogens (tertiary/aromatic N) is 1. The van der Waals surface area contributed by atoms with Gasteiger partial charge in [-0.15, -0.1) is 0 Å². The third-order valence-electron chi connectivity index (χ3n) is 2.05. The van der Waals surface area contributed by atoms with E-state index in [1.165, 1.54) is 12.3 Å². The Morgan fingerprint density at radius 1 is 1.41 bits per heavy atom. The van der Waals surface area contributed by atoms with Crippen molar-refractivity contribution in [3.63, 3.8) is 0 Å². The zero-order chi connectivity index (χ0) is 12.7. The molecule has 1 aromatic heterocycles. The van der Waals surface area contributed by atoms with Gasteiger partial charge in [-0.2, -0.15) is 0 Å². The van der Waals surface area contributed by atoms with E-state index in [2.05, 4.69) is 15.6 Å². The van der Waals surface area contributed by atoms with Crippen molar-refractivity contribution in [2.24, 2.45) is 0 Å². The lowest BCUT2D eigenvalue weighted by atomic mass is 10.2. The third kappa shape index (κ3) is 4.50. The number of carbonyl (C=O) groups is 2. The molecule has 0 spiro atoms. The molecule has 17 heavy (non-hydrogen) atoms. The SMILES string of the molecule is CCNC(=O)CCNC(=O)c1ccnc(N)c1. The average Bonchev–Trinajstić information content (AvgIpc) is 2.29. The molecule has 6 nitrogen and oxygen atoms in total. The Kier molecular flexibility index (Phi) is 4.93. The summed E-state index contributed by atoms with van der Waals surface area (Å²) in [5, 5.41) is 5.28. The zero-order valence-corrected chi connectivity index (χ0v) is 9.69. The van der Waals surface area contributed by atoms with Crippen LogP contribution >= 0.6 is 0 Å². The van der Waals surface area contributed by atoms with E-state index in [4.69, 9.17) is 5.73 Å². The maximum Gasteiger partial charge on any atom is 0.251 e. The first-order valence-electron chi connectivity index (χ1n) is 5.40. The van der Waals surface area contributed by atoms with Gasteiger partial charge in [0.15, 0.2) is 0 Å². The van der Waals surface area contributed by atoms with Gasteiger partial charge in [-0.1, -0.05) is 0 Å². The number of nitrogens with two attached hydrogens (primary N) is 1. The molecule has 1 aromatic rings. The van der Waals surface area contributed by atoms with E-state index in [1.54, 1.807) is 6.07 Å². The van der Waals surface area contributed by atoms with Crippen molar-refractivity contribution in [1.82, 2.24) is 15.6 Å². The Balaban J connectivity index is 2.38. The number of rotatable bonds is 5. The number of hydrogen-bond donors (Lipinski definition) is 3. The van der Waals surface area contributed by atoms with E-state index in [0.29, 0.717) is 24.5 Å². The van der Waals surface area contributed by atoms with Gasteiger partial charge >= 0.3 is 0 Å². The van der Waals surface area contributed by atoms with Crippen LogP contribution in [0.2, 0.25) is 0 Å². The summed E-state index contributed by atoms with van der Waals surface area (Å²) in [6, 6.07) is 3.05. The van der Waals surface area contributed by atoms with Crippen molar-refractivity contribution in [2.75, 3.05) is 18.8 Å². The van der Waals surface area contributed by atoms with Crippen LogP contribution < -0.4 is 16.4 Å². The summed E-state index contributed by atoms with van der Waals surface area (Å²) in [5.74, 6) is -0.0492. The summed E-state index contributed by atoms with van der Waals surface area (Å²) in [6.45, 7) is 2.73. The monoisotopic (exact) mass is 236 g/mol. The minimum atomic E-state index is -0.261. The Bertz CT molecular complexity index is 406. The van der Waals surface area contributed by atoms with Crippen molar-refractivity contribution in [3.05, 3.63) is 23.9 Å². The topological polar surface area (TPSA) is 97.1 Å². The number of nitrogen functional groups attached to an aromatic ring is 1. The largest absolute Gasteiger partial charge is 0.384 e. The molecule has 0 aliphatic carbocycles. The fraction of sp³-hybridized carbons (Fsp3) is 0.364. The number of anilines is 1. The molecule has 4 N–H and O–H groups in total. The normalized spacial score (nSPS) is 9.71. The van der Waals surface area contributed by atoms with Gasteiger partial charge in [-0.25, -0.2) is 4.98 Å². The van der Waals surface area contributed by atoms with E-state index in [-0.39, 0.29) is 18.2 Å². The van der Waals surface area contributed by atoms with E-state index in [0.717, 1.165) is 0 Å². The van der Waals surface area contributed by atoms with Crippen LogP contribution in [0.3, 0.4) is 0 Å². The predicted molar refractivity (Wildman–Crippen MR) is 64.3 cm³/mol. The first-order valence-corrected chi connectivity index (χ1v) is 5.40. The molecule has 6 heteroatoms. The van der Waals surface area contributed by atoms with E-state index < -0.39 is 0 Å². The van der Waals surface area contributed by atoms with Crippen LogP contribution in [0.25, 0.3) is 0 Å². The Hall–Kier alpha value is -2.11. The second kappa shape index (κ2) is 6.47. The standard InChI is InChI=1S/C11H16N4O2/c1-2-13-10(16)4-6-15-11(17)8-3-5-14-9(12)7-8/h3,5,7H,2,4,6H2,1H3,(H2,12,14)(H,13,16)(H,15,17). The lowest BCUT2D eigenvalue weighted by Crippen LogP contribution is -2.30. The summed E-state index contributed by atoms with van der Waals surface area (Å²) in [5.41, 5.74) is 5.90. The molecule has 0 aliphatic rings. The van der Waals surface area contributed by atoms with Gasteiger partial charge < -0.3 is 16.4 Å². The number of nitrogens with one attached hydrogen (secondary N) is 2. The van der Waals surface area contributed by atoms with Gasteiger partial charge in [0, 0.05) is 31.3 Å². The zero-order valence-electron chi connectivity index (χ0n) is 9.69. The lowest BCUT2D eigenvalue weighted by Gasteiger charge is -2.05. The molecule has 0 saturated heterocycles. The second-order valence-corrected chi connectivity index (χ2v) is 3.43. The first kappa shape index (κ1) is 13.0. The van der Waals surface area contributed by atoms with Crippen LogP contribution in [-0.4, -0.2) is 29.9 Å². The summed E-state index contributed by atoms with van der Waals surface area (Å²) >= 11 is 0. The maximum atomic E-state index is 11.6. The molecular formula is C11H16N4O2. The number of carbonyl (C=O) groups excluding carboxylic acids is 2. The summed E-state index contributed by atoms with van der Waals surface area (Å²) < 4.78 is 0. The molecule has 0 unspecified atom stereocenters. The molecule has 0 radical (unpaired) electrons. The fourth-order valence-electron chi connectivity index (χ4n) is 1.27. The van der Waals surface area contributed by atoms with Crippen molar-refractivity contribution in [2.45, 2.75) is 13.3 Å². The van der Waals surface area contributed by atoms with E-state index in [1.807, 2.05) is 6.92 Å². The average molecular weight is 236 g/mol. The molecule has 0 aromatic carbocycles. The van der Waals surface area contributed by atoms with Crippen molar-refractivity contribution >= 4 is 17.6 Å². The predicted octanol–water partition coefficient (Wildman–Crippen LogP) is -0.0802. The highest BCUT2D eigenvalue weighted by Crippen LogP contribution is 2.02. The Morgan fingerprint density at radius 2 is 2.18 bits per heavy atom. The second-order valence-electron chi connectivity index (χ2n) is 3.43. The summed E-state index contributed by atoms with van der Waals surface area (Å²) in [6.07, 6.45) is 1.73. The molecule has 0 atom stereocenters. The minimum absolute atomic E-state index is 0.0814. The van der Waals surface area contributed by atoms with Gasteiger partial charge in [0.2, 0.25) is 5.91 Å². The molecule has 2 amide bonds. The van der Waals surface area contributed by atoms with Gasteiger partial charge in [0.1, 0.15) is 5.82 Å². The quantitative estimate of drug-likeness (QED) is 0.666. The van der Waals surface area contributed by atoms with Gasteiger partial charge in [0.25, 0.3) is 5.91 Å².